The van der Waals surface area contributed by atoms with E-state index >= 15 is 0 Å². The molecule has 3 aliphatic rings. The van der Waals surface area contributed by atoms with Crippen LogP contribution in [0.15, 0.2) is 23.3 Å². The van der Waals surface area contributed by atoms with Crippen molar-refractivity contribution in [1.82, 2.24) is 20.4 Å². The van der Waals surface area contributed by atoms with Gasteiger partial charge in [-0.3, -0.25) is 9.80 Å². The summed E-state index contributed by atoms with van der Waals surface area (Å²) < 4.78 is 0. The number of benzene rings is 1. The number of anilines is 1. The zero-order valence-corrected chi connectivity index (χ0v) is 28.8. The van der Waals surface area contributed by atoms with Gasteiger partial charge < -0.3 is 30.9 Å². The summed E-state index contributed by atoms with van der Waals surface area (Å²) in [5.74, 6) is 1.27. The van der Waals surface area contributed by atoms with Crippen LogP contribution in [0.5, 0.6) is 0 Å². The quantitative estimate of drug-likeness (QED) is 0.373. The molecule has 13 heteroatoms. The fourth-order valence-electron chi connectivity index (χ4n) is 4.85. The molecular formula is C28H44Cl2N7O3Y-. The number of piperidine rings is 1. The van der Waals surface area contributed by atoms with Crippen LogP contribution in [-0.2, 0) is 37.5 Å². The Hall–Kier alpha value is -1.01. The second-order valence-electron chi connectivity index (χ2n) is 10.9. The summed E-state index contributed by atoms with van der Waals surface area (Å²) in [6, 6.07) is 5.32. The third kappa shape index (κ3) is 12.6. The van der Waals surface area contributed by atoms with Crippen LogP contribution in [0.25, 0.3) is 5.32 Å². The summed E-state index contributed by atoms with van der Waals surface area (Å²) in [7, 11) is 0. The molecule has 1 aromatic rings. The van der Waals surface area contributed by atoms with Crippen LogP contribution in [0.3, 0.4) is 0 Å². The molecule has 0 aliphatic carbocycles. The van der Waals surface area contributed by atoms with Crippen molar-refractivity contribution < 1.29 is 47.4 Å². The van der Waals surface area contributed by atoms with Crippen molar-refractivity contribution >= 4 is 46.7 Å². The molecule has 0 aromatic heterocycles. The van der Waals surface area contributed by atoms with Gasteiger partial charge in [0.2, 0.25) is 5.91 Å². The fourth-order valence-corrected chi connectivity index (χ4v) is 5.14. The van der Waals surface area contributed by atoms with Crippen LogP contribution < -0.4 is 15.6 Å². The number of amidine groups is 1. The van der Waals surface area contributed by atoms with E-state index in [9.17, 15) is 9.59 Å². The van der Waals surface area contributed by atoms with Gasteiger partial charge in [-0.05, 0) is 70.3 Å². The van der Waals surface area contributed by atoms with Crippen LogP contribution in [0, 0.1) is 11.8 Å². The zero-order chi connectivity index (χ0) is 29.1. The molecule has 1 aromatic carbocycles. The molecule has 1 unspecified atom stereocenters. The minimum atomic E-state index is -0.167. The molecule has 41 heavy (non-hydrogen) atoms. The summed E-state index contributed by atoms with van der Waals surface area (Å²) in [6.45, 7) is 13.3. The van der Waals surface area contributed by atoms with Gasteiger partial charge >= 0.3 is 6.03 Å². The third-order valence-electron chi connectivity index (χ3n) is 7.03. The van der Waals surface area contributed by atoms with Crippen LogP contribution in [-0.4, -0.2) is 97.7 Å². The number of aliphatic hydroxyl groups is 1. The van der Waals surface area contributed by atoms with Crippen molar-refractivity contribution in [2.24, 2.45) is 16.9 Å². The number of hydrazone groups is 1. The van der Waals surface area contributed by atoms with E-state index in [1.807, 2.05) is 22.9 Å². The van der Waals surface area contributed by atoms with Gasteiger partial charge in [0.15, 0.2) is 0 Å². The van der Waals surface area contributed by atoms with Gasteiger partial charge in [0.25, 0.3) is 0 Å². The molecule has 1 radical (unpaired) electrons. The first-order chi connectivity index (χ1) is 19.1. The average molecular weight is 687 g/mol. The summed E-state index contributed by atoms with van der Waals surface area (Å²) in [6.07, 6.45) is 2.82. The number of hydrogen-bond donors (Lipinski definition) is 3. The molecule has 4 rings (SSSR count). The number of amides is 3. The zero-order valence-electron chi connectivity index (χ0n) is 24.5. The van der Waals surface area contributed by atoms with Crippen LogP contribution in [0.1, 0.15) is 46.5 Å². The van der Waals surface area contributed by atoms with E-state index in [1.54, 1.807) is 26.0 Å². The van der Waals surface area contributed by atoms with Crippen molar-refractivity contribution in [3.05, 3.63) is 33.6 Å². The first kappa shape index (κ1) is 36.2. The average Bonchev–Trinajstić information content (AvgIpc) is 3.28. The topological polar surface area (TPSA) is 115 Å². The monoisotopic (exact) mass is 685 g/mol. The number of nitrogens with one attached hydrogen (secondary N) is 2. The smallest absolute Gasteiger partial charge is 0.317 e. The van der Waals surface area contributed by atoms with Gasteiger partial charge in [0.1, 0.15) is 5.84 Å². The molecular weight excluding hydrogens is 642 g/mol. The predicted molar refractivity (Wildman–Crippen MR) is 162 cm³/mol. The van der Waals surface area contributed by atoms with E-state index in [-0.39, 0.29) is 56.7 Å². The first-order valence-corrected chi connectivity index (χ1v) is 15.0. The Morgan fingerprint density at radius 1 is 1.12 bits per heavy atom. The van der Waals surface area contributed by atoms with Crippen molar-refractivity contribution in [1.29, 1.82) is 0 Å². The number of aliphatic hydroxyl groups excluding tert-OH is 1. The summed E-state index contributed by atoms with van der Waals surface area (Å²) in [5, 5.41) is 25.7. The maximum absolute atomic E-state index is 12.5. The van der Waals surface area contributed by atoms with Gasteiger partial charge in [0, 0.05) is 77.3 Å². The minimum absolute atomic E-state index is 0. The number of piperazine rings is 1. The fraction of sp³-hybridized carbons (Fsp3) is 0.679. The van der Waals surface area contributed by atoms with Crippen LogP contribution in [0.2, 0.25) is 10.0 Å². The Labute approximate surface area is 279 Å². The standard InChI is InChI=1S/C25H36Cl2N7O2.C3H8O.Y/c1-18-16-34(20-4-5-21(26)22(27)15-20)31-24(18)30-23(35)3-2-8-29-25(36)33-11-6-19(7-12-33)17-32-13-9-28-10-14-32;1-3(2)4;/h4-5,15,18-19H,2-3,6-14,16-17H2,1H3,(H,29,36)(H,30,31,35);3-4H,1-2H3;/q-1;;. The van der Waals surface area contributed by atoms with E-state index < -0.39 is 0 Å². The molecule has 0 spiro atoms. The van der Waals surface area contributed by atoms with Gasteiger partial charge in [-0.25, -0.2) is 4.79 Å². The molecule has 2 fully saturated rings. The molecule has 0 bridgehead atoms. The van der Waals surface area contributed by atoms with Crippen LogP contribution >= 0.6 is 23.2 Å². The van der Waals surface area contributed by atoms with Crippen molar-refractivity contribution in [2.45, 2.75) is 52.6 Å². The van der Waals surface area contributed by atoms with Crippen molar-refractivity contribution in [2.75, 3.05) is 63.9 Å². The minimum Gasteiger partial charge on any atom is -0.660 e. The van der Waals surface area contributed by atoms with Crippen molar-refractivity contribution in [3.63, 3.8) is 0 Å². The molecule has 0 saturated carbocycles. The van der Waals surface area contributed by atoms with Gasteiger partial charge in [-0.2, -0.15) is 5.10 Å². The normalized spacial score (nSPS) is 19.7. The Bertz CT molecular complexity index is 1000. The van der Waals surface area contributed by atoms with E-state index in [0.717, 1.165) is 64.3 Å². The number of halogens is 2. The molecule has 1 atom stereocenters. The molecule has 10 nitrogen and oxygen atoms in total. The number of nitrogens with zero attached hydrogens (tertiary/aromatic N) is 5. The summed E-state index contributed by atoms with van der Waals surface area (Å²) in [4.78, 5) is 29.4. The Balaban J connectivity index is 0.00000110. The number of hydrogen-bond acceptors (Lipinski definition) is 6. The predicted octanol–water partition coefficient (Wildman–Crippen LogP) is 4.15. The van der Waals surface area contributed by atoms with Crippen LogP contribution in [0.4, 0.5) is 10.5 Å². The largest absolute Gasteiger partial charge is 0.660 e. The number of carbonyl (C=O) groups is 2. The molecule has 227 valence electrons. The Kier molecular flexibility index (Phi) is 16.4. The Morgan fingerprint density at radius 3 is 2.41 bits per heavy atom. The first-order valence-electron chi connectivity index (χ1n) is 14.3. The third-order valence-corrected chi connectivity index (χ3v) is 7.77. The van der Waals surface area contributed by atoms with E-state index in [2.05, 4.69) is 26.0 Å². The number of urea groups is 1. The van der Waals surface area contributed by atoms with E-state index in [0.29, 0.717) is 47.7 Å². The van der Waals surface area contributed by atoms with Gasteiger partial charge in [-0.15, -0.1) is 13.1 Å². The number of likely N-dealkylation sites (tertiary alicyclic amines) is 1. The van der Waals surface area contributed by atoms with Crippen molar-refractivity contribution in [3.8, 4) is 0 Å². The second-order valence-corrected chi connectivity index (χ2v) is 11.8. The van der Waals surface area contributed by atoms with Gasteiger partial charge in [-0.1, -0.05) is 30.1 Å². The number of carbonyl (C=O) groups excluding carboxylic acids is 2. The molecule has 3 amide bonds. The molecule has 2 saturated heterocycles. The maximum atomic E-state index is 12.5. The van der Waals surface area contributed by atoms with E-state index in [4.69, 9.17) is 28.3 Å². The number of rotatable bonds is 7. The summed E-state index contributed by atoms with van der Waals surface area (Å²) in [5.41, 5.74) is 0.828. The second kappa shape index (κ2) is 18.6. The molecule has 3 aliphatic heterocycles. The Morgan fingerprint density at radius 2 is 1.78 bits per heavy atom. The van der Waals surface area contributed by atoms with Gasteiger partial charge in [0.05, 0.1) is 22.3 Å². The summed E-state index contributed by atoms with van der Waals surface area (Å²) >= 11 is 12.1. The molecule has 3 N–H and O–H groups in total. The molecule has 3 heterocycles. The maximum Gasteiger partial charge on any atom is 0.317 e. The SMILES string of the molecule is CC(C)O.CC1CN(c2ccc(Cl)c(Cl)c2)N=C1NC(=O)CCCNC(=O)N1CCC(CN2CC[N-]CC2)CC1.[Y]. The van der Waals surface area contributed by atoms with E-state index in [1.165, 1.54) is 0 Å².